The van der Waals surface area contributed by atoms with E-state index in [-0.39, 0.29) is 0 Å². The van der Waals surface area contributed by atoms with E-state index < -0.39 is 0 Å². The van der Waals surface area contributed by atoms with Crippen molar-refractivity contribution in [3.05, 3.63) is 30.9 Å². The lowest BCUT2D eigenvalue weighted by atomic mass is 10.3. The Morgan fingerprint density at radius 1 is 1.25 bits per heavy atom. The summed E-state index contributed by atoms with van der Waals surface area (Å²) in [6.45, 7) is 3.08. The number of unbranched alkanes of at least 4 members (excludes halogenated alkanes) is 1. The summed E-state index contributed by atoms with van der Waals surface area (Å²) in [4.78, 5) is 14.5. The summed E-state index contributed by atoms with van der Waals surface area (Å²) in [5.41, 5.74) is 7.61. The molecule has 0 fully saturated rings. The van der Waals surface area contributed by atoms with Crippen LogP contribution in [0.4, 0.5) is 23.0 Å². The first-order valence-electron chi connectivity index (χ1n) is 6.71. The van der Waals surface area contributed by atoms with Gasteiger partial charge < -0.3 is 16.0 Å². The van der Waals surface area contributed by atoms with Gasteiger partial charge in [-0.3, -0.25) is 4.98 Å². The van der Waals surface area contributed by atoms with Crippen molar-refractivity contribution in [1.82, 2.24) is 15.0 Å². The minimum atomic E-state index is 0.558. The lowest BCUT2D eigenvalue weighted by Crippen LogP contribution is -2.21. The molecule has 0 aliphatic heterocycles. The second-order valence-corrected chi connectivity index (χ2v) is 4.60. The average Bonchev–Trinajstić information content (AvgIpc) is 2.48. The Bertz CT molecular complexity index is 543. The van der Waals surface area contributed by atoms with E-state index in [9.17, 15) is 0 Å². The van der Waals surface area contributed by atoms with E-state index in [0.717, 1.165) is 30.9 Å². The molecule has 6 heteroatoms. The number of nitrogen functional groups attached to an aromatic ring is 1. The highest BCUT2D eigenvalue weighted by atomic mass is 15.2. The van der Waals surface area contributed by atoms with Gasteiger partial charge in [-0.15, -0.1) is 0 Å². The summed E-state index contributed by atoms with van der Waals surface area (Å²) in [5, 5.41) is 3.18. The quantitative estimate of drug-likeness (QED) is 0.840. The molecular weight excluding hydrogens is 252 g/mol. The van der Waals surface area contributed by atoms with Gasteiger partial charge in [0.15, 0.2) is 11.6 Å². The molecular formula is C14H20N6. The van der Waals surface area contributed by atoms with Crippen LogP contribution in [0.15, 0.2) is 30.9 Å². The molecule has 0 aromatic carbocycles. The molecule has 20 heavy (non-hydrogen) atoms. The van der Waals surface area contributed by atoms with Crippen LogP contribution in [0.25, 0.3) is 0 Å². The standard InChI is InChI=1S/C14H20N6/c1-3-4-9-20(2)14-12(15)13(17-10-18-14)19-11-5-7-16-8-6-11/h5-8,10H,3-4,9,15H2,1-2H3,(H,16,17,18,19). The third kappa shape index (κ3) is 3.34. The van der Waals surface area contributed by atoms with Gasteiger partial charge in [0.1, 0.15) is 12.0 Å². The molecule has 2 aromatic heterocycles. The lowest BCUT2D eigenvalue weighted by Gasteiger charge is -2.20. The summed E-state index contributed by atoms with van der Waals surface area (Å²) in [5.74, 6) is 1.37. The number of aromatic nitrogens is 3. The minimum absolute atomic E-state index is 0.558. The van der Waals surface area contributed by atoms with Gasteiger partial charge in [0, 0.05) is 31.7 Å². The van der Waals surface area contributed by atoms with Crippen LogP contribution in [0.2, 0.25) is 0 Å². The van der Waals surface area contributed by atoms with E-state index in [0.29, 0.717) is 11.5 Å². The van der Waals surface area contributed by atoms with Gasteiger partial charge in [-0.1, -0.05) is 13.3 Å². The van der Waals surface area contributed by atoms with Crippen molar-refractivity contribution in [2.75, 3.05) is 29.5 Å². The fraction of sp³-hybridized carbons (Fsp3) is 0.357. The second kappa shape index (κ2) is 6.70. The maximum absolute atomic E-state index is 6.16. The molecule has 2 rings (SSSR count). The van der Waals surface area contributed by atoms with E-state index in [2.05, 4.69) is 32.1 Å². The zero-order chi connectivity index (χ0) is 14.4. The highest BCUT2D eigenvalue weighted by molar-refractivity contribution is 5.77. The summed E-state index contributed by atoms with van der Waals surface area (Å²) < 4.78 is 0. The molecule has 2 heterocycles. The van der Waals surface area contributed by atoms with Crippen LogP contribution in [0.1, 0.15) is 19.8 Å². The van der Waals surface area contributed by atoms with Gasteiger partial charge in [-0.2, -0.15) is 0 Å². The lowest BCUT2D eigenvalue weighted by molar-refractivity contribution is 0.759. The number of rotatable bonds is 6. The van der Waals surface area contributed by atoms with Crippen LogP contribution in [-0.2, 0) is 0 Å². The maximum atomic E-state index is 6.16. The van der Waals surface area contributed by atoms with Crippen molar-refractivity contribution in [2.24, 2.45) is 0 Å². The Kier molecular flexibility index (Phi) is 4.70. The zero-order valence-electron chi connectivity index (χ0n) is 11.9. The van der Waals surface area contributed by atoms with Crippen molar-refractivity contribution < 1.29 is 0 Å². The van der Waals surface area contributed by atoms with E-state index in [1.54, 1.807) is 12.4 Å². The van der Waals surface area contributed by atoms with Crippen LogP contribution >= 0.6 is 0 Å². The van der Waals surface area contributed by atoms with Crippen molar-refractivity contribution in [3.8, 4) is 0 Å². The summed E-state index contributed by atoms with van der Waals surface area (Å²) in [7, 11) is 1.99. The molecule has 0 radical (unpaired) electrons. The SMILES string of the molecule is CCCCN(C)c1ncnc(Nc2ccncc2)c1N. The third-order valence-electron chi connectivity index (χ3n) is 3.01. The van der Waals surface area contributed by atoms with E-state index in [4.69, 9.17) is 5.73 Å². The monoisotopic (exact) mass is 272 g/mol. The van der Waals surface area contributed by atoms with Crippen LogP contribution in [0.3, 0.4) is 0 Å². The fourth-order valence-electron chi connectivity index (χ4n) is 1.86. The number of hydrogen-bond acceptors (Lipinski definition) is 6. The summed E-state index contributed by atoms with van der Waals surface area (Å²) in [6, 6.07) is 3.73. The second-order valence-electron chi connectivity index (χ2n) is 4.60. The molecule has 0 aliphatic carbocycles. The normalized spacial score (nSPS) is 10.3. The third-order valence-corrected chi connectivity index (χ3v) is 3.01. The molecule has 106 valence electrons. The molecule has 3 N–H and O–H groups in total. The highest BCUT2D eigenvalue weighted by Gasteiger charge is 2.11. The molecule has 0 spiro atoms. The number of nitrogens with two attached hydrogens (primary N) is 1. The number of anilines is 4. The number of nitrogens with zero attached hydrogens (tertiary/aromatic N) is 4. The Morgan fingerprint density at radius 2 is 2.00 bits per heavy atom. The predicted octanol–water partition coefficient (Wildman–Crippen LogP) is 2.43. The zero-order valence-corrected chi connectivity index (χ0v) is 11.9. The van der Waals surface area contributed by atoms with Crippen LogP contribution < -0.4 is 16.0 Å². The van der Waals surface area contributed by atoms with Gasteiger partial charge in [0.2, 0.25) is 0 Å². The first-order valence-corrected chi connectivity index (χ1v) is 6.71. The van der Waals surface area contributed by atoms with Crippen molar-refractivity contribution in [3.63, 3.8) is 0 Å². The Hall–Kier alpha value is -2.37. The minimum Gasteiger partial charge on any atom is -0.393 e. The molecule has 0 saturated heterocycles. The van der Waals surface area contributed by atoms with Gasteiger partial charge >= 0.3 is 0 Å². The molecule has 6 nitrogen and oxygen atoms in total. The Labute approximate surface area is 119 Å². The molecule has 0 atom stereocenters. The maximum Gasteiger partial charge on any atom is 0.159 e. The molecule has 0 aliphatic rings. The summed E-state index contributed by atoms with van der Waals surface area (Å²) in [6.07, 6.45) is 7.20. The number of nitrogens with one attached hydrogen (secondary N) is 1. The molecule has 0 saturated carbocycles. The van der Waals surface area contributed by atoms with Crippen LogP contribution in [0.5, 0.6) is 0 Å². The van der Waals surface area contributed by atoms with Gasteiger partial charge in [-0.05, 0) is 18.6 Å². The van der Waals surface area contributed by atoms with Crippen molar-refractivity contribution >= 4 is 23.0 Å². The highest BCUT2D eigenvalue weighted by Crippen LogP contribution is 2.27. The van der Waals surface area contributed by atoms with Gasteiger partial charge in [-0.25, -0.2) is 9.97 Å². The Balaban J connectivity index is 2.19. The largest absolute Gasteiger partial charge is 0.393 e. The molecule has 0 amide bonds. The van der Waals surface area contributed by atoms with Gasteiger partial charge in [0.25, 0.3) is 0 Å². The molecule has 2 aromatic rings. The number of hydrogen-bond donors (Lipinski definition) is 2. The first kappa shape index (κ1) is 14.0. The van der Waals surface area contributed by atoms with E-state index in [1.807, 2.05) is 19.2 Å². The number of pyridine rings is 1. The van der Waals surface area contributed by atoms with Crippen molar-refractivity contribution in [2.45, 2.75) is 19.8 Å². The van der Waals surface area contributed by atoms with Crippen LogP contribution in [0, 0.1) is 0 Å². The average molecular weight is 272 g/mol. The first-order chi connectivity index (χ1) is 9.72. The topological polar surface area (TPSA) is 80.0 Å². The smallest absolute Gasteiger partial charge is 0.159 e. The fourth-order valence-corrected chi connectivity index (χ4v) is 1.86. The Morgan fingerprint density at radius 3 is 2.70 bits per heavy atom. The molecule has 0 bridgehead atoms. The predicted molar refractivity (Wildman–Crippen MR) is 82.1 cm³/mol. The molecule has 0 unspecified atom stereocenters. The van der Waals surface area contributed by atoms with Crippen LogP contribution in [-0.4, -0.2) is 28.5 Å². The van der Waals surface area contributed by atoms with Crippen molar-refractivity contribution in [1.29, 1.82) is 0 Å². The summed E-state index contributed by atoms with van der Waals surface area (Å²) >= 11 is 0. The van der Waals surface area contributed by atoms with Gasteiger partial charge in [0.05, 0.1) is 0 Å². The van der Waals surface area contributed by atoms with E-state index in [1.165, 1.54) is 6.33 Å². The van der Waals surface area contributed by atoms with E-state index >= 15 is 0 Å².